The Labute approximate surface area is 166 Å². The zero-order valence-corrected chi connectivity index (χ0v) is 16.1. The van der Waals surface area contributed by atoms with Gasteiger partial charge in [-0.2, -0.15) is 0 Å². The van der Waals surface area contributed by atoms with Crippen molar-refractivity contribution in [2.45, 2.75) is 51.4 Å². The van der Waals surface area contributed by atoms with Crippen LogP contribution in [0.3, 0.4) is 0 Å². The number of nitrogens with zero attached hydrogens (tertiary/aromatic N) is 1. The molecule has 2 saturated heterocycles. The first kappa shape index (κ1) is 20.6. The maximum absolute atomic E-state index is 12.3. The topological polar surface area (TPSA) is 118 Å². The van der Waals surface area contributed by atoms with Crippen LogP contribution in [0.4, 0.5) is 4.79 Å². The minimum atomic E-state index is -1.13. The summed E-state index contributed by atoms with van der Waals surface area (Å²) in [5.74, 6) is -1.36. The van der Waals surface area contributed by atoms with E-state index in [2.05, 4.69) is 0 Å². The number of esters is 2. The molecule has 0 spiro atoms. The maximum atomic E-state index is 12.3. The highest BCUT2D eigenvalue weighted by molar-refractivity contribution is 5.92. The van der Waals surface area contributed by atoms with E-state index >= 15 is 0 Å². The van der Waals surface area contributed by atoms with Crippen LogP contribution in [-0.2, 0) is 33.3 Å². The molecule has 0 aliphatic carbocycles. The fourth-order valence-corrected chi connectivity index (χ4v) is 3.33. The predicted molar refractivity (Wildman–Crippen MR) is 94.5 cm³/mol. The van der Waals surface area contributed by atoms with Gasteiger partial charge in [-0.15, -0.1) is 0 Å². The fraction of sp³-hybridized carbons (Fsp3) is 0.474. The lowest BCUT2D eigenvalue weighted by Gasteiger charge is -2.42. The van der Waals surface area contributed by atoms with E-state index in [9.17, 15) is 19.2 Å². The molecular formula is C19H21NO9. The van der Waals surface area contributed by atoms with Gasteiger partial charge >= 0.3 is 18.0 Å². The summed E-state index contributed by atoms with van der Waals surface area (Å²) in [4.78, 5) is 48.1. The molecule has 2 fully saturated rings. The van der Waals surface area contributed by atoms with Crippen LogP contribution in [0.25, 0.3) is 0 Å². The van der Waals surface area contributed by atoms with Crippen LogP contribution >= 0.6 is 0 Å². The van der Waals surface area contributed by atoms with Gasteiger partial charge in [0.2, 0.25) is 12.2 Å². The summed E-state index contributed by atoms with van der Waals surface area (Å²) in [6.45, 7) is 3.35. The predicted octanol–water partition coefficient (Wildman–Crippen LogP) is 1.02. The zero-order chi connectivity index (χ0) is 21.1. The number of carbonyl (C=O) groups is 4. The molecule has 0 bridgehead atoms. The lowest BCUT2D eigenvalue weighted by molar-refractivity contribution is -0.247. The Hall–Kier alpha value is -3.14. The summed E-state index contributed by atoms with van der Waals surface area (Å²) in [5, 5.41) is 0. The van der Waals surface area contributed by atoms with Crippen molar-refractivity contribution >= 4 is 23.9 Å². The average molecular weight is 407 g/mol. The molecule has 3 rings (SSSR count). The third-order valence-electron chi connectivity index (χ3n) is 4.43. The van der Waals surface area contributed by atoms with Crippen LogP contribution in [0.5, 0.6) is 5.75 Å². The second-order valence-electron chi connectivity index (χ2n) is 6.58. The molecule has 1 aromatic carbocycles. The molecule has 29 heavy (non-hydrogen) atoms. The standard InChI is InChI=1S/C19H21NO9/c1-10(21)20-15-17(29-19(20)24)16(26-12(3)23)14(9-25-11(2)22)28-18(15)27-13-7-5-4-6-8-13/h4-8,14-18H,9H2,1-3H3/t14-,15-,16+,17-,18?/m1/s1. The molecule has 2 aliphatic rings. The van der Waals surface area contributed by atoms with Crippen LogP contribution in [-0.4, -0.2) is 66.1 Å². The van der Waals surface area contributed by atoms with Crippen molar-refractivity contribution in [2.75, 3.05) is 6.61 Å². The van der Waals surface area contributed by atoms with Crippen molar-refractivity contribution < 1.29 is 42.9 Å². The van der Waals surface area contributed by atoms with E-state index in [0.29, 0.717) is 5.75 Å². The van der Waals surface area contributed by atoms with Crippen LogP contribution in [0.2, 0.25) is 0 Å². The molecule has 1 aromatic rings. The first-order valence-corrected chi connectivity index (χ1v) is 8.96. The summed E-state index contributed by atoms with van der Waals surface area (Å²) in [6.07, 6.45) is -5.16. The molecule has 10 nitrogen and oxygen atoms in total. The number of hydrogen-bond acceptors (Lipinski definition) is 9. The second kappa shape index (κ2) is 8.48. The van der Waals surface area contributed by atoms with E-state index in [4.69, 9.17) is 23.7 Å². The van der Waals surface area contributed by atoms with E-state index in [1.807, 2.05) is 0 Å². The van der Waals surface area contributed by atoms with Gasteiger partial charge in [-0.1, -0.05) is 18.2 Å². The number of rotatable bonds is 5. The third kappa shape index (κ3) is 4.48. The van der Waals surface area contributed by atoms with Gasteiger partial charge in [-0.3, -0.25) is 14.4 Å². The maximum Gasteiger partial charge on any atom is 0.417 e. The summed E-state index contributed by atoms with van der Waals surface area (Å²) in [6, 6.07) is 7.63. The van der Waals surface area contributed by atoms with Gasteiger partial charge in [0, 0.05) is 20.8 Å². The Balaban J connectivity index is 1.95. The smallest absolute Gasteiger partial charge is 0.417 e. The molecule has 156 valence electrons. The molecule has 2 amide bonds. The summed E-state index contributed by atoms with van der Waals surface area (Å²) in [5.41, 5.74) is 0. The van der Waals surface area contributed by atoms with Gasteiger partial charge in [0.1, 0.15) is 24.5 Å². The van der Waals surface area contributed by atoms with E-state index in [1.165, 1.54) is 20.8 Å². The monoisotopic (exact) mass is 407 g/mol. The number of ether oxygens (including phenoxy) is 5. The van der Waals surface area contributed by atoms with Gasteiger partial charge in [-0.25, -0.2) is 9.69 Å². The number of para-hydroxylation sites is 1. The number of hydrogen-bond donors (Lipinski definition) is 0. The molecule has 10 heteroatoms. The summed E-state index contributed by atoms with van der Waals surface area (Å²) < 4.78 is 27.4. The lowest BCUT2D eigenvalue weighted by atomic mass is 9.96. The first-order valence-electron chi connectivity index (χ1n) is 8.96. The van der Waals surface area contributed by atoms with Crippen LogP contribution in [0.1, 0.15) is 20.8 Å². The molecule has 0 saturated carbocycles. The Morgan fingerprint density at radius 2 is 1.76 bits per heavy atom. The first-order chi connectivity index (χ1) is 13.8. The Morgan fingerprint density at radius 3 is 2.34 bits per heavy atom. The van der Waals surface area contributed by atoms with Crippen molar-refractivity contribution in [3.63, 3.8) is 0 Å². The normalized spacial score (nSPS) is 28.2. The van der Waals surface area contributed by atoms with Crippen molar-refractivity contribution in [1.29, 1.82) is 0 Å². The van der Waals surface area contributed by atoms with E-state index in [0.717, 1.165) is 4.90 Å². The quantitative estimate of drug-likeness (QED) is 0.521. The molecule has 0 aromatic heterocycles. The molecule has 2 heterocycles. The van der Waals surface area contributed by atoms with Gasteiger partial charge in [-0.05, 0) is 12.1 Å². The number of imide groups is 1. The van der Waals surface area contributed by atoms with Gasteiger partial charge in [0.15, 0.2) is 12.2 Å². The summed E-state index contributed by atoms with van der Waals surface area (Å²) >= 11 is 0. The highest BCUT2D eigenvalue weighted by atomic mass is 16.7. The number of benzene rings is 1. The molecular weight excluding hydrogens is 386 g/mol. The van der Waals surface area contributed by atoms with Crippen LogP contribution < -0.4 is 4.74 Å². The minimum absolute atomic E-state index is 0.261. The van der Waals surface area contributed by atoms with E-state index < -0.39 is 54.6 Å². The zero-order valence-electron chi connectivity index (χ0n) is 16.1. The average Bonchev–Trinajstić information content (AvgIpc) is 3.00. The van der Waals surface area contributed by atoms with E-state index in [-0.39, 0.29) is 6.61 Å². The van der Waals surface area contributed by atoms with Crippen molar-refractivity contribution in [3.8, 4) is 5.75 Å². The summed E-state index contributed by atoms with van der Waals surface area (Å²) in [7, 11) is 0. The van der Waals surface area contributed by atoms with E-state index in [1.54, 1.807) is 30.3 Å². The fourth-order valence-electron chi connectivity index (χ4n) is 3.33. The Morgan fingerprint density at radius 1 is 1.07 bits per heavy atom. The second-order valence-corrected chi connectivity index (χ2v) is 6.58. The van der Waals surface area contributed by atoms with Crippen LogP contribution in [0.15, 0.2) is 30.3 Å². The van der Waals surface area contributed by atoms with Crippen molar-refractivity contribution in [3.05, 3.63) is 30.3 Å². The number of fused-ring (bicyclic) bond motifs is 1. The highest BCUT2D eigenvalue weighted by Gasteiger charge is 2.60. The molecule has 2 aliphatic heterocycles. The number of amides is 2. The molecule has 5 atom stereocenters. The van der Waals surface area contributed by atoms with Crippen molar-refractivity contribution in [1.82, 2.24) is 4.90 Å². The highest BCUT2D eigenvalue weighted by Crippen LogP contribution is 2.36. The minimum Gasteiger partial charge on any atom is -0.463 e. The van der Waals surface area contributed by atoms with Gasteiger partial charge < -0.3 is 23.7 Å². The lowest BCUT2D eigenvalue weighted by Crippen LogP contribution is -2.63. The van der Waals surface area contributed by atoms with Crippen molar-refractivity contribution in [2.24, 2.45) is 0 Å². The van der Waals surface area contributed by atoms with Gasteiger partial charge in [0.25, 0.3) is 0 Å². The Kier molecular flexibility index (Phi) is 6.02. The molecule has 0 radical (unpaired) electrons. The number of carbonyl (C=O) groups excluding carboxylic acids is 4. The molecule has 1 unspecified atom stereocenters. The third-order valence-corrected chi connectivity index (χ3v) is 4.43. The molecule has 0 N–H and O–H groups in total. The van der Waals surface area contributed by atoms with Crippen LogP contribution in [0, 0.1) is 0 Å². The SMILES string of the molecule is CC(=O)OC[C@H]1OC(Oc2ccccc2)[C@H]2[C@@H](OC(=O)N2C(C)=O)[C@H]1OC(C)=O. The van der Waals surface area contributed by atoms with Gasteiger partial charge in [0.05, 0.1) is 0 Å². The largest absolute Gasteiger partial charge is 0.463 e. The Bertz CT molecular complexity index is 796.